The van der Waals surface area contributed by atoms with Gasteiger partial charge in [0.05, 0.1) is 12.6 Å². The van der Waals surface area contributed by atoms with Crippen LogP contribution in [0.5, 0.6) is 0 Å². The number of benzene rings is 2. The number of carbonyl (C=O) groups excluding carboxylic acids is 2. The van der Waals surface area contributed by atoms with Gasteiger partial charge in [-0.25, -0.2) is 0 Å². The molecule has 4 nitrogen and oxygen atoms in total. The number of amides is 1. The van der Waals surface area contributed by atoms with Crippen molar-refractivity contribution >= 4 is 23.3 Å². The molecule has 1 saturated heterocycles. The zero-order valence-electron chi connectivity index (χ0n) is 14.0. The molecule has 0 saturated carbocycles. The predicted octanol–water partition coefficient (Wildman–Crippen LogP) is 3.30. The van der Waals surface area contributed by atoms with Crippen LogP contribution in [0, 0.1) is 0 Å². The SMILES string of the molecule is O=C(CN1CCC[C@H]1C(=O)NCc1ccccc1)c1ccc(Cl)cc1. The monoisotopic (exact) mass is 356 g/mol. The molecule has 0 unspecified atom stereocenters. The molecule has 0 bridgehead atoms. The van der Waals surface area contributed by atoms with Gasteiger partial charge in [-0.1, -0.05) is 41.9 Å². The van der Waals surface area contributed by atoms with Gasteiger partial charge in [-0.05, 0) is 49.2 Å². The highest BCUT2D eigenvalue weighted by Crippen LogP contribution is 2.19. The highest BCUT2D eigenvalue weighted by molar-refractivity contribution is 6.30. The molecule has 1 N–H and O–H groups in total. The lowest BCUT2D eigenvalue weighted by molar-refractivity contribution is -0.125. The number of hydrogen-bond donors (Lipinski definition) is 1. The number of rotatable bonds is 6. The molecule has 2 aromatic carbocycles. The van der Waals surface area contributed by atoms with Crippen LogP contribution in [0.4, 0.5) is 0 Å². The standard InChI is InChI=1S/C20H21ClN2O2/c21-17-10-8-16(9-11-17)19(24)14-23-12-4-7-18(23)20(25)22-13-15-5-2-1-3-6-15/h1-3,5-6,8-11,18H,4,7,12-14H2,(H,22,25)/t18-/m0/s1. The van der Waals surface area contributed by atoms with E-state index in [1.165, 1.54) is 0 Å². The predicted molar refractivity (Wildman–Crippen MR) is 98.7 cm³/mol. The summed E-state index contributed by atoms with van der Waals surface area (Å²) in [5.41, 5.74) is 1.69. The van der Waals surface area contributed by atoms with E-state index in [1.807, 2.05) is 35.2 Å². The van der Waals surface area contributed by atoms with Crippen molar-refractivity contribution in [1.82, 2.24) is 10.2 Å². The lowest BCUT2D eigenvalue weighted by atomic mass is 10.1. The Kier molecular flexibility index (Phi) is 5.84. The molecule has 0 aromatic heterocycles. The van der Waals surface area contributed by atoms with Crippen LogP contribution in [-0.2, 0) is 11.3 Å². The first-order valence-corrected chi connectivity index (χ1v) is 8.86. The fourth-order valence-corrected chi connectivity index (χ4v) is 3.25. The quantitative estimate of drug-likeness (QED) is 0.808. The minimum absolute atomic E-state index is 0.00902. The Balaban J connectivity index is 1.57. The number of hydrogen-bond acceptors (Lipinski definition) is 3. The van der Waals surface area contributed by atoms with Crippen molar-refractivity contribution in [2.45, 2.75) is 25.4 Å². The number of ketones is 1. The van der Waals surface area contributed by atoms with Crippen molar-refractivity contribution in [2.24, 2.45) is 0 Å². The van der Waals surface area contributed by atoms with Crippen molar-refractivity contribution in [3.8, 4) is 0 Å². The first kappa shape index (κ1) is 17.6. The van der Waals surface area contributed by atoms with Crippen LogP contribution in [0.1, 0.15) is 28.8 Å². The van der Waals surface area contributed by atoms with E-state index in [0.717, 1.165) is 24.9 Å². The van der Waals surface area contributed by atoms with Crippen LogP contribution in [-0.4, -0.2) is 35.7 Å². The Labute approximate surface area is 152 Å². The maximum absolute atomic E-state index is 12.5. The van der Waals surface area contributed by atoms with E-state index in [9.17, 15) is 9.59 Å². The first-order chi connectivity index (χ1) is 12.1. The summed E-state index contributed by atoms with van der Waals surface area (Å²) in [6.45, 7) is 1.53. The third kappa shape index (κ3) is 4.68. The summed E-state index contributed by atoms with van der Waals surface area (Å²) in [7, 11) is 0. The second kappa shape index (κ2) is 8.28. The summed E-state index contributed by atoms with van der Waals surface area (Å²) in [4.78, 5) is 26.9. The van der Waals surface area contributed by atoms with Crippen molar-refractivity contribution in [1.29, 1.82) is 0 Å². The number of nitrogens with one attached hydrogen (secondary N) is 1. The molecule has 0 aliphatic carbocycles. The van der Waals surface area contributed by atoms with E-state index in [4.69, 9.17) is 11.6 Å². The largest absolute Gasteiger partial charge is 0.351 e. The number of likely N-dealkylation sites (tertiary alicyclic amines) is 1. The van der Waals surface area contributed by atoms with E-state index < -0.39 is 0 Å². The number of halogens is 1. The van der Waals surface area contributed by atoms with Crippen LogP contribution in [0.2, 0.25) is 5.02 Å². The first-order valence-electron chi connectivity index (χ1n) is 8.48. The Bertz CT molecular complexity index is 731. The van der Waals surface area contributed by atoms with Crippen molar-refractivity contribution < 1.29 is 9.59 Å². The topological polar surface area (TPSA) is 49.4 Å². The minimum Gasteiger partial charge on any atom is -0.351 e. The molecule has 1 heterocycles. The van der Waals surface area contributed by atoms with Crippen LogP contribution >= 0.6 is 11.6 Å². The van der Waals surface area contributed by atoms with E-state index in [1.54, 1.807) is 24.3 Å². The molecule has 130 valence electrons. The molecule has 0 radical (unpaired) electrons. The highest BCUT2D eigenvalue weighted by Gasteiger charge is 2.31. The molecule has 1 fully saturated rings. The van der Waals surface area contributed by atoms with Gasteiger partial charge in [0.15, 0.2) is 5.78 Å². The average Bonchev–Trinajstić information content (AvgIpc) is 3.09. The minimum atomic E-state index is -0.236. The summed E-state index contributed by atoms with van der Waals surface area (Å²) >= 11 is 5.86. The summed E-state index contributed by atoms with van der Waals surface area (Å²) in [5.74, 6) is 0.00434. The van der Waals surface area contributed by atoms with Gasteiger partial charge in [-0.3, -0.25) is 14.5 Å². The second-order valence-electron chi connectivity index (χ2n) is 6.26. The molecule has 1 amide bonds. The molecular formula is C20H21ClN2O2. The summed E-state index contributed by atoms with van der Waals surface area (Å²) < 4.78 is 0. The zero-order chi connectivity index (χ0) is 17.6. The maximum Gasteiger partial charge on any atom is 0.237 e. The average molecular weight is 357 g/mol. The van der Waals surface area contributed by atoms with Crippen LogP contribution in [0.15, 0.2) is 54.6 Å². The van der Waals surface area contributed by atoms with Gasteiger partial charge in [0.25, 0.3) is 0 Å². The summed E-state index contributed by atoms with van der Waals surface area (Å²) in [6, 6.07) is 16.5. The van der Waals surface area contributed by atoms with Crippen molar-refractivity contribution in [2.75, 3.05) is 13.1 Å². The molecule has 1 aliphatic heterocycles. The Morgan fingerprint density at radius 3 is 2.52 bits per heavy atom. The fraction of sp³-hybridized carbons (Fsp3) is 0.300. The molecule has 2 aromatic rings. The molecular weight excluding hydrogens is 336 g/mol. The van der Waals surface area contributed by atoms with Crippen molar-refractivity contribution in [3.05, 3.63) is 70.7 Å². The number of nitrogens with zero attached hydrogens (tertiary/aromatic N) is 1. The van der Waals surface area contributed by atoms with Crippen LogP contribution < -0.4 is 5.32 Å². The third-order valence-electron chi connectivity index (χ3n) is 4.49. The Morgan fingerprint density at radius 2 is 1.80 bits per heavy atom. The molecule has 3 rings (SSSR count). The van der Waals surface area contributed by atoms with Gasteiger partial charge < -0.3 is 5.32 Å². The highest BCUT2D eigenvalue weighted by atomic mass is 35.5. The third-order valence-corrected chi connectivity index (χ3v) is 4.74. The van der Waals surface area contributed by atoms with Gasteiger partial charge >= 0.3 is 0 Å². The van der Waals surface area contributed by atoms with Gasteiger partial charge in [0.2, 0.25) is 5.91 Å². The molecule has 0 spiro atoms. The lowest BCUT2D eigenvalue weighted by Crippen LogP contribution is -2.44. The maximum atomic E-state index is 12.5. The summed E-state index contributed by atoms with van der Waals surface area (Å²) in [5, 5.41) is 3.59. The molecule has 1 atom stereocenters. The normalized spacial score (nSPS) is 17.4. The zero-order valence-corrected chi connectivity index (χ0v) is 14.7. The van der Waals surface area contributed by atoms with E-state index in [2.05, 4.69) is 5.32 Å². The second-order valence-corrected chi connectivity index (χ2v) is 6.70. The number of Topliss-reactive ketones (excluding diaryl/α,β-unsaturated/α-hetero) is 1. The molecule has 25 heavy (non-hydrogen) atoms. The molecule has 5 heteroatoms. The van der Waals surface area contributed by atoms with E-state index >= 15 is 0 Å². The van der Waals surface area contributed by atoms with Crippen LogP contribution in [0.3, 0.4) is 0 Å². The van der Waals surface area contributed by atoms with Crippen LogP contribution in [0.25, 0.3) is 0 Å². The van der Waals surface area contributed by atoms with Crippen molar-refractivity contribution in [3.63, 3.8) is 0 Å². The van der Waals surface area contributed by atoms with Gasteiger partial charge in [-0.2, -0.15) is 0 Å². The van der Waals surface area contributed by atoms with Gasteiger partial charge in [-0.15, -0.1) is 0 Å². The lowest BCUT2D eigenvalue weighted by Gasteiger charge is -2.23. The fourth-order valence-electron chi connectivity index (χ4n) is 3.13. The Morgan fingerprint density at radius 1 is 1.08 bits per heavy atom. The van der Waals surface area contributed by atoms with E-state index in [-0.39, 0.29) is 24.3 Å². The smallest absolute Gasteiger partial charge is 0.237 e. The summed E-state index contributed by atoms with van der Waals surface area (Å²) in [6.07, 6.45) is 1.71. The number of carbonyl (C=O) groups is 2. The van der Waals surface area contributed by atoms with E-state index in [0.29, 0.717) is 17.1 Å². The van der Waals surface area contributed by atoms with Gasteiger partial charge in [0.1, 0.15) is 0 Å². The van der Waals surface area contributed by atoms with Gasteiger partial charge in [0, 0.05) is 17.1 Å². The Hall–Kier alpha value is -2.17. The molecule has 1 aliphatic rings.